The van der Waals surface area contributed by atoms with Crippen LogP contribution in [0.25, 0.3) is 0 Å². The summed E-state index contributed by atoms with van der Waals surface area (Å²) in [5.41, 5.74) is 0. The number of fused-ring (bicyclic) bond motifs is 2. The number of rotatable bonds is 2. The fourth-order valence-electron chi connectivity index (χ4n) is 3.79. The van der Waals surface area contributed by atoms with Gasteiger partial charge in [-0.25, -0.2) is 0 Å². The third-order valence-electron chi connectivity index (χ3n) is 4.83. The van der Waals surface area contributed by atoms with Crippen molar-refractivity contribution in [1.29, 1.82) is 0 Å². The Balaban J connectivity index is 0.000000184. The van der Waals surface area contributed by atoms with Crippen LogP contribution < -0.4 is 0 Å². The van der Waals surface area contributed by atoms with E-state index in [0.29, 0.717) is 0 Å². The smallest absolute Gasteiger partial charge is 0.184 e. The van der Waals surface area contributed by atoms with E-state index in [0.717, 1.165) is 6.42 Å². The summed E-state index contributed by atoms with van der Waals surface area (Å²) in [4.78, 5) is 0. The molecule has 4 aliphatic heterocycles. The van der Waals surface area contributed by atoms with Gasteiger partial charge in [-0.2, -0.15) is 0 Å². The van der Waals surface area contributed by atoms with Crippen LogP contribution in [-0.4, -0.2) is 82.7 Å². The molecule has 0 radical (unpaired) electrons. The minimum Gasteiger partial charge on any atom is -0.394 e. The number of aliphatic hydroxyl groups is 3. The molecule has 0 amide bonds. The molecular formula is C17H30BrClO9. The van der Waals surface area contributed by atoms with Gasteiger partial charge in [-0.15, -0.1) is 0 Å². The zero-order valence-electron chi connectivity index (χ0n) is 16.6. The second-order valence-electron chi connectivity index (χ2n) is 7.85. The molecule has 4 heterocycles. The van der Waals surface area contributed by atoms with Gasteiger partial charge in [0.25, 0.3) is 0 Å². The lowest BCUT2D eigenvalue weighted by Gasteiger charge is -2.21. The number of ether oxygens (including phenoxy) is 6. The molecule has 4 saturated heterocycles. The van der Waals surface area contributed by atoms with E-state index in [9.17, 15) is 10.2 Å². The van der Waals surface area contributed by atoms with E-state index in [1.54, 1.807) is 13.8 Å². The first-order valence-corrected chi connectivity index (χ1v) is 11.3. The molecule has 9 nitrogen and oxygen atoms in total. The number of hydrogen-bond donors (Lipinski definition) is 3. The Morgan fingerprint density at radius 1 is 0.750 bits per heavy atom. The topological polar surface area (TPSA) is 116 Å². The van der Waals surface area contributed by atoms with Crippen LogP contribution in [0.5, 0.6) is 0 Å². The van der Waals surface area contributed by atoms with Gasteiger partial charge in [-0.3, -0.25) is 0 Å². The molecule has 0 aromatic carbocycles. The lowest BCUT2D eigenvalue weighted by Crippen LogP contribution is -2.31. The lowest BCUT2D eigenvalue weighted by atomic mass is 10.1. The summed E-state index contributed by atoms with van der Waals surface area (Å²) >= 11 is 2.41. The normalized spacial score (nSPS) is 44.8. The highest BCUT2D eigenvalue weighted by molar-refractivity contribution is 9.22. The molecule has 0 saturated carbocycles. The van der Waals surface area contributed by atoms with Gasteiger partial charge in [-0.1, -0.05) is 6.92 Å². The van der Waals surface area contributed by atoms with Gasteiger partial charge in [-0.05, 0) is 44.2 Å². The Morgan fingerprint density at radius 2 is 1.11 bits per heavy atom. The zero-order chi connectivity index (χ0) is 21.3. The molecule has 166 valence electrons. The third kappa shape index (κ3) is 5.36. The average Bonchev–Trinajstić information content (AvgIpc) is 3.30. The van der Waals surface area contributed by atoms with E-state index in [4.69, 9.17) is 33.5 Å². The van der Waals surface area contributed by atoms with Gasteiger partial charge in [0.05, 0.1) is 12.7 Å². The minimum atomic E-state index is -0.996. The van der Waals surface area contributed by atoms with Crippen molar-refractivity contribution in [2.24, 2.45) is 0 Å². The molecule has 2 unspecified atom stereocenters. The van der Waals surface area contributed by atoms with Crippen LogP contribution in [0.3, 0.4) is 0 Å². The van der Waals surface area contributed by atoms with Crippen molar-refractivity contribution >= 4 is 25.1 Å². The van der Waals surface area contributed by atoms with Crippen LogP contribution in [0, 0.1) is 0 Å². The van der Waals surface area contributed by atoms with Crippen LogP contribution in [-0.2, 0) is 28.4 Å². The van der Waals surface area contributed by atoms with Crippen molar-refractivity contribution in [3.63, 3.8) is 0 Å². The highest BCUT2D eigenvalue weighted by atomic mass is 79.9. The predicted molar refractivity (Wildman–Crippen MR) is 102 cm³/mol. The van der Waals surface area contributed by atoms with Gasteiger partial charge < -0.3 is 43.7 Å². The molecule has 3 N–H and O–H groups in total. The molecule has 0 aliphatic carbocycles. The number of aliphatic hydroxyl groups excluding tert-OH is 3. The summed E-state index contributed by atoms with van der Waals surface area (Å²) in [5.74, 6) is -1.29. The fourth-order valence-corrected chi connectivity index (χ4v) is 3.79. The quantitative estimate of drug-likeness (QED) is 0.524. The van der Waals surface area contributed by atoms with Gasteiger partial charge in [0.1, 0.15) is 30.5 Å². The van der Waals surface area contributed by atoms with Gasteiger partial charge >= 0.3 is 0 Å². The van der Waals surface area contributed by atoms with Crippen molar-refractivity contribution in [1.82, 2.24) is 0 Å². The molecule has 0 bridgehead atoms. The molecule has 0 aromatic rings. The van der Waals surface area contributed by atoms with Crippen molar-refractivity contribution in [3.8, 4) is 0 Å². The van der Waals surface area contributed by atoms with Crippen molar-refractivity contribution in [3.05, 3.63) is 0 Å². The lowest BCUT2D eigenvalue weighted by molar-refractivity contribution is -0.223. The first-order valence-electron chi connectivity index (χ1n) is 9.20. The van der Waals surface area contributed by atoms with E-state index in [1.807, 2.05) is 20.8 Å². The molecule has 0 spiro atoms. The fraction of sp³-hybridized carbons (Fsp3) is 1.00. The summed E-state index contributed by atoms with van der Waals surface area (Å²) in [6, 6.07) is 0. The summed E-state index contributed by atoms with van der Waals surface area (Å²) in [7, 11) is 4.45. The number of halogens is 2. The first kappa shape index (κ1) is 24.7. The molecule has 11 heteroatoms. The SMILES string of the molecule is CC1(C)O[C@@H]2[C@@H](CO)OC(O)[C@@H]2O1.CC[C@H]1OC(O)[C@@H]2OC(C)(C)O[C@H]12.ClBr. The second kappa shape index (κ2) is 9.69. The Kier molecular flexibility index (Phi) is 8.54. The monoisotopic (exact) mass is 492 g/mol. The summed E-state index contributed by atoms with van der Waals surface area (Å²) < 4.78 is 32.4. The van der Waals surface area contributed by atoms with Crippen LogP contribution in [0.4, 0.5) is 0 Å². The second-order valence-corrected chi connectivity index (χ2v) is 7.85. The van der Waals surface area contributed by atoms with Crippen LogP contribution in [0.1, 0.15) is 41.0 Å². The maximum Gasteiger partial charge on any atom is 0.184 e. The van der Waals surface area contributed by atoms with Gasteiger partial charge in [0.15, 0.2) is 24.2 Å². The van der Waals surface area contributed by atoms with E-state index < -0.39 is 36.4 Å². The number of hydrogen-bond acceptors (Lipinski definition) is 9. The standard InChI is InChI=1S/C9H16O4.C8H14O5.BrCl/c1-4-5-6-7(8(10)11-5)13-9(2,3)12-6;1-8(2)12-5-4(3-9)11-7(10)6(5)13-8;1-2/h5-8,10H,4H2,1-3H3;4-7,9-10H,3H2,1-2H3;/t5-,6-,7-,8?;4-,5-,6-,7?;/m11./s1. The predicted octanol–water partition coefficient (Wildman–Crippen LogP) is 1.38. The van der Waals surface area contributed by atoms with E-state index in [-0.39, 0.29) is 31.0 Å². The van der Waals surface area contributed by atoms with Crippen molar-refractivity contribution < 1.29 is 43.7 Å². The highest BCUT2D eigenvalue weighted by Gasteiger charge is 2.55. The molecule has 4 aliphatic rings. The largest absolute Gasteiger partial charge is 0.394 e. The molecule has 0 aromatic heterocycles. The Hall–Kier alpha value is 0.410. The molecule has 8 atom stereocenters. The van der Waals surface area contributed by atoms with Crippen LogP contribution in [0.15, 0.2) is 0 Å². The molecular weight excluding hydrogens is 464 g/mol. The molecule has 28 heavy (non-hydrogen) atoms. The summed E-state index contributed by atoms with van der Waals surface area (Å²) in [6.07, 6.45) is -2.81. The maximum absolute atomic E-state index is 9.51. The van der Waals surface area contributed by atoms with Gasteiger partial charge in [0, 0.05) is 15.0 Å². The van der Waals surface area contributed by atoms with Crippen molar-refractivity contribution in [2.45, 2.75) is 102 Å². The molecule has 4 fully saturated rings. The average molecular weight is 494 g/mol. The van der Waals surface area contributed by atoms with E-state index in [1.165, 1.54) is 0 Å². The van der Waals surface area contributed by atoms with E-state index in [2.05, 4.69) is 25.1 Å². The van der Waals surface area contributed by atoms with Crippen LogP contribution >= 0.6 is 25.1 Å². The summed E-state index contributed by atoms with van der Waals surface area (Å²) in [6.45, 7) is 9.08. The zero-order valence-corrected chi connectivity index (χ0v) is 18.9. The Bertz CT molecular complexity index is 465. The Morgan fingerprint density at radius 3 is 1.50 bits per heavy atom. The molecule has 4 rings (SSSR count). The maximum atomic E-state index is 9.51. The van der Waals surface area contributed by atoms with Crippen LogP contribution in [0.2, 0.25) is 0 Å². The van der Waals surface area contributed by atoms with E-state index >= 15 is 0 Å². The Labute approximate surface area is 177 Å². The third-order valence-corrected chi connectivity index (χ3v) is 4.83. The van der Waals surface area contributed by atoms with Gasteiger partial charge in [0.2, 0.25) is 0 Å². The summed E-state index contributed by atoms with van der Waals surface area (Å²) in [5, 5.41) is 27.8. The van der Waals surface area contributed by atoms with Crippen molar-refractivity contribution in [2.75, 3.05) is 6.61 Å². The minimum absolute atomic E-state index is 0.0400. The first-order chi connectivity index (χ1) is 13.1. The highest BCUT2D eigenvalue weighted by Crippen LogP contribution is 2.39.